The molecule has 1 rings (SSSR count). The van der Waals surface area contributed by atoms with E-state index in [0.717, 1.165) is 55.6 Å². The van der Waals surface area contributed by atoms with Gasteiger partial charge in [-0.15, -0.1) is 0 Å². The van der Waals surface area contributed by atoms with E-state index >= 15 is 0 Å². The molecule has 1 aromatic rings. The number of allylic oxidation sites excluding steroid dienone is 3. The molecule has 0 bridgehead atoms. The van der Waals surface area contributed by atoms with Crippen molar-refractivity contribution in [2.45, 2.75) is 65.7 Å². The Labute approximate surface area is 277 Å². The van der Waals surface area contributed by atoms with Gasteiger partial charge >= 0.3 is 0 Å². The van der Waals surface area contributed by atoms with Gasteiger partial charge in [0.25, 0.3) is 5.91 Å². The minimum Gasteiger partial charge on any atom is -0.396 e. The van der Waals surface area contributed by atoms with E-state index < -0.39 is 0 Å². The lowest BCUT2D eigenvalue weighted by Gasteiger charge is -2.15. The van der Waals surface area contributed by atoms with Gasteiger partial charge in [-0.05, 0) is 57.2 Å². The number of hydrogen-bond acceptors (Lipinski definition) is 8. The van der Waals surface area contributed by atoms with Crippen molar-refractivity contribution in [3.8, 4) is 0 Å². The van der Waals surface area contributed by atoms with Gasteiger partial charge in [-0.1, -0.05) is 57.6 Å². The van der Waals surface area contributed by atoms with Gasteiger partial charge in [-0.3, -0.25) is 9.79 Å². The molecule has 0 fully saturated rings. The highest BCUT2D eigenvalue weighted by Crippen LogP contribution is 2.24. The van der Waals surface area contributed by atoms with E-state index in [2.05, 4.69) is 36.1 Å². The van der Waals surface area contributed by atoms with Crippen molar-refractivity contribution < 1.29 is 28.8 Å². The summed E-state index contributed by atoms with van der Waals surface area (Å²) in [7, 11) is 1.72. The summed E-state index contributed by atoms with van der Waals surface area (Å²) in [5, 5.41) is 15.2. The fourth-order valence-corrected chi connectivity index (χ4v) is 4.02. The Morgan fingerprint density at radius 1 is 0.935 bits per heavy atom. The van der Waals surface area contributed by atoms with Gasteiger partial charge in [0.05, 0.1) is 45.3 Å². The Balaban J connectivity index is 2.58. The summed E-state index contributed by atoms with van der Waals surface area (Å²) in [6, 6.07) is 5.87. The number of carbonyl (C=O) groups excluding carboxylic acids is 1. The van der Waals surface area contributed by atoms with Crippen LogP contribution >= 0.6 is 0 Å². The average molecular weight is 643 g/mol. The number of amidine groups is 1. The molecule has 46 heavy (non-hydrogen) atoms. The van der Waals surface area contributed by atoms with E-state index in [4.69, 9.17) is 29.0 Å². The number of benzene rings is 1. The monoisotopic (exact) mass is 642 g/mol. The molecule has 0 unspecified atom stereocenters. The van der Waals surface area contributed by atoms with Crippen LogP contribution < -0.4 is 10.6 Å². The molecule has 0 aliphatic carbocycles. The second kappa shape index (κ2) is 28.1. The Hall–Kier alpha value is -3.15. The van der Waals surface area contributed by atoms with Crippen molar-refractivity contribution in [1.82, 2.24) is 0 Å². The molecule has 0 heterocycles. The highest BCUT2D eigenvalue weighted by Gasteiger charge is 2.14. The number of aliphatic imine (C=N–C) groups is 2. The van der Waals surface area contributed by atoms with Crippen LogP contribution in [0.4, 0.5) is 11.4 Å². The maximum Gasteiger partial charge on any atom is 0.255 e. The zero-order chi connectivity index (χ0) is 33.7. The number of carbonyl (C=O) groups is 1. The molecular weight excluding hydrogens is 584 g/mol. The maximum absolute atomic E-state index is 13.3. The molecule has 10 heteroatoms. The lowest BCUT2D eigenvalue weighted by Crippen LogP contribution is -2.16. The number of unbranched alkanes of at least 4 members (excludes halogenated alkanes) is 3. The highest BCUT2D eigenvalue weighted by molar-refractivity contribution is 6.14. The zero-order valence-corrected chi connectivity index (χ0v) is 28.7. The largest absolute Gasteiger partial charge is 0.396 e. The maximum atomic E-state index is 13.3. The van der Waals surface area contributed by atoms with Crippen LogP contribution in [0, 0.1) is 0 Å². The van der Waals surface area contributed by atoms with Crippen LogP contribution in [0.5, 0.6) is 0 Å². The van der Waals surface area contributed by atoms with Crippen LogP contribution in [-0.4, -0.2) is 95.6 Å². The van der Waals surface area contributed by atoms with Crippen molar-refractivity contribution in [2.24, 2.45) is 9.98 Å². The molecule has 1 amide bonds. The van der Waals surface area contributed by atoms with Gasteiger partial charge in [0.15, 0.2) is 5.84 Å². The number of hydrogen-bond donors (Lipinski definition) is 3. The molecule has 0 atom stereocenters. The minimum atomic E-state index is -0.237. The van der Waals surface area contributed by atoms with Crippen LogP contribution in [-0.2, 0) is 23.7 Å². The number of anilines is 2. The quantitative estimate of drug-likeness (QED) is 0.0335. The number of aliphatic hydroxyl groups excluding tert-OH is 1. The van der Waals surface area contributed by atoms with Gasteiger partial charge in [-0.25, -0.2) is 4.99 Å². The van der Waals surface area contributed by atoms with Crippen LogP contribution in [0.25, 0.3) is 0 Å². The topological polar surface area (TPSA) is 123 Å². The van der Waals surface area contributed by atoms with Crippen LogP contribution in [0.15, 0.2) is 64.6 Å². The number of amides is 1. The van der Waals surface area contributed by atoms with Gasteiger partial charge < -0.3 is 34.7 Å². The first-order chi connectivity index (χ1) is 22.5. The molecule has 10 nitrogen and oxygen atoms in total. The van der Waals surface area contributed by atoms with E-state index in [-0.39, 0.29) is 12.5 Å². The number of nitrogens with zero attached hydrogens (tertiary/aromatic N) is 2. The predicted molar refractivity (Wildman–Crippen MR) is 191 cm³/mol. The van der Waals surface area contributed by atoms with Crippen molar-refractivity contribution in [2.75, 3.05) is 83.7 Å². The molecule has 0 radical (unpaired) electrons. The standard InChI is InChI=1S/C36H58N4O6/c1-6-9-12-19-38-32-17-18-34(33(29-32)35(37-5)39-30(4)8-3)40-36(42)31(15-7-2)16-11-10-13-21-43-23-25-45-27-28-46-26-24-44-22-14-20-41/h7,11,15-18,29,38,41H,2,6,8-10,12-14,19-28H2,1,3-5H3,(H,40,42)/b16-11+,31-15+,37-35?,39-30?. The summed E-state index contributed by atoms with van der Waals surface area (Å²) in [4.78, 5) is 22.5. The molecule has 258 valence electrons. The summed E-state index contributed by atoms with van der Waals surface area (Å²) < 4.78 is 21.9. The summed E-state index contributed by atoms with van der Waals surface area (Å²) in [6.45, 7) is 15.2. The third kappa shape index (κ3) is 19.4. The first kappa shape index (κ1) is 40.9. The lowest BCUT2D eigenvalue weighted by molar-refractivity contribution is -0.112. The third-order valence-corrected chi connectivity index (χ3v) is 6.72. The second-order valence-corrected chi connectivity index (χ2v) is 10.5. The van der Waals surface area contributed by atoms with Gasteiger partial charge in [-0.2, -0.15) is 0 Å². The SMILES string of the molecule is C=C/C=C(\C=C\CCCOCCOCCOCCOCCCO)C(=O)Nc1ccc(NCCCCC)cc1C(N=C(C)CC)=NC. The number of nitrogens with one attached hydrogen (secondary N) is 2. The smallest absolute Gasteiger partial charge is 0.255 e. The van der Waals surface area contributed by atoms with Crippen LogP contribution in [0.2, 0.25) is 0 Å². The fraction of sp³-hybridized carbons (Fsp3) is 0.583. The Morgan fingerprint density at radius 2 is 1.59 bits per heavy atom. The summed E-state index contributed by atoms with van der Waals surface area (Å²) >= 11 is 0. The van der Waals surface area contributed by atoms with E-state index in [0.29, 0.717) is 76.4 Å². The van der Waals surface area contributed by atoms with E-state index in [1.165, 1.54) is 6.42 Å². The Bertz CT molecular complexity index is 1100. The number of ether oxygens (including phenoxy) is 4. The third-order valence-electron chi connectivity index (χ3n) is 6.72. The lowest BCUT2D eigenvalue weighted by atomic mass is 10.1. The minimum absolute atomic E-state index is 0.140. The second-order valence-electron chi connectivity index (χ2n) is 10.5. The van der Waals surface area contributed by atoms with Crippen molar-refractivity contribution in [1.29, 1.82) is 0 Å². The van der Waals surface area contributed by atoms with E-state index in [1.54, 1.807) is 19.2 Å². The Kier molecular flexibility index (Phi) is 25.0. The molecular formula is C36H58N4O6. The molecule has 1 aromatic carbocycles. The van der Waals surface area contributed by atoms with Crippen LogP contribution in [0.3, 0.4) is 0 Å². The normalized spacial score (nSPS) is 12.6. The van der Waals surface area contributed by atoms with Gasteiger partial charge in [0.1, 0.15) is 0 Å². The van der Waals surface area contributed by atoms with Gasteiger partial charge in [0, 0.05) is 55.9 Å². The summed E-state index contributed by atoms with van der Waals surface area (Å²) in [5.41, 5.74) is 3.83. The van der Waals surface area contributed by atoms with E-state index in [9.17, 15) is 4.79 Å². The molecule has 3 N–H and O–H groups in total. The molecule has 0 aliphatic heterocycles. The first-order valence-corrected chi connectivity index (χ1v) is 16.6. The fourth-order valence-electron chi connectivity index (χ4n) is 4.02. The summed E-state index contributed by atoms with van der Waals surface area (Å²) in [6.07, 6.45) is 13.6. The first-order valence-electron chi connectivity index (χ1n) is 16.6. The van der Waals surface area contributed by atoms with Crippen molar-refractivity contribution in [3.63, 3.8) is 0 Å². The molecule has 0 aromatic heterocycles. The van der Waals surface area contributed by atoms with E-state index in [1.807, 2.05) is 37.3 Å². The molecule has 0 saturated carbocycles. The number of aliphatic hydroxyl groups is 1. The molecule has 0 saturated heterocycles. The molecule has 0 aliphatic rings. The van der Waals surface area contributed by atoms with Gasteiger partial charge in [0.2, 0.25) is 0 Å². The zero-order valence-electron chi connectivity index (χ0n) is 28.7. The van der Waals surface area contributed by atoms with Crippen LogP contribution in [0.1, 0.15) is 71.3 Å². The molecule has 0 spiro atoms. The highest BCUT2D eigenvalue weighted by atomic mass is 16.6. The summed E-state index contributed by atoms with van der Waals surface area (Å²) in [5.74, 6) is 0.339. The predicted octanol–water partition coefficient (Wildman–Crippen LogP) is 6.37. The van der Waals surface area contributed by atoms with Crippen molar-refractivity contribution in [3.05, 3.63) is 60.2 Å². The number of rotatable bonds is 27. The Morgan fingerprint density at radius 3 is 2.17 bits per heavy atom. The average Bonchev–Trinajstić information content (AvgIpc) is 3.06. The van der Waals surface area contributed by atoms with Crippen molar-refractivity contribution >= 4 is 28.8 Å².